The van der Waals surface area contributed by atoms with Gasteiger partial charge in [-0.05, 0) is 42.3 Å². The molecule has 0 aliphatic carbocycles. The zero-order valence-electron chi connectivity index (χ0n) is 13.6. The Morgan fingerprint density at radius 1 is 1.08 bits per heavy atom. The van der Waals surface area contributed by atoms with Gasteiger partial charge in [0.15, 0.2) is 5.70 Å². The summed E-state index contributed by atoms with van der Waals surface area (Å²) < 4.78 is 10.9. The maximum atomic E-state index is 12.0. The van der Waals surface area contributed by atoms with Crippen LogP contribution in [0.1, 0.15) is 30.9 Å². The van der Waals surface area contributed by atoms with Crippen molar-refractivity contribution in [2.24, 2.45) is 4.99 Å². The van der Waals surface area contributed by atoms with Crippen molar-refractivity contribution in [3.8, 4) is 5.75 Å². The SMILES string of the molecule is CCCCOc1ccc(/C=C2\N=C(c3ccccc3)OC2=O)cc1. The number of hydrogen-bond donors (Lipinski definition) is 0. The first-order valence-electron chi connectivity index (χ1n) is 8.07. The van der Waals surface area contributed by atoms with Gasteiger partial charge >= 0.3 is 5.97 Å². The van der Waals surface area contributed by atoms with Crippen molar-refractivity contribution in [1.82, 2.24) is 0 Å². The second kappa shape index (κ2) is 7.59. The molecule has 4 heteroatoms. The molecule has 0 aromatic heterocycles. The highest BCUT2D eigenvalue weighted by molar-refractivity contribution is 6.12. The average Bonchev–Trinajstić information content (AvgIpc) is 2.98. The number of carbonyl (C=O) groups excluding carboxylic acids is 1. The van der Waals surface area contributed by atoms with Gasteiger partial charge in [0.05, 0.1) is 6.61 Å². The Labute approximate surface area is 141 Å². The molecule has 0 N–H and O–H groups in total. The lowest BCUT2D eigenvalue weighted by molar-refractivity contribution is -0.129. The molecule has 0 unspecified atom stereocenters. The van der Waals surface area contributed by atoms with Gasteiger partial charge in [0.2, 0.25) is 5.90 Å². The highest BCUT2D eigenvalue weighted by atomic mass is 16.6. The number of nitrogens with zero attached hydrogens (tertiary/aromatic N) is 1. The third-order valence-corrected chi connectivity index (χ3v) is 3.59. The number of rotatable bonds is 6. The van der Waals surface area contributed by atoms with E-state index in [0.717, 1.165) is 29.7 Å². The van der Waals surface area contributed by atoms with Crippen LogP contribution >= 0.6 is 0 Å². The molecule has 4 nitrogen and oxygen atoms in total. The van der Waals surface area contributed by atoms with Crippen molar-refractivity contribution >= 4 is 17.9 Å². The molecule has 0 saturated heterocycles. The predicted molar refractivity (Wildman–Crippen MR) is 93.9 cm³/mol. The van der Waals surface area contributed by atoms with Crippen LogP contribution in [-0.2, 0) is 9.53 Å². The van der Waals surface area contributed by atoms with E-state index in [9.17, 15) is 4.79 Å². The van der Waals surface area contributed by atoms with Crippen LogP contribution in [0.2, 0.25) is 0 Å². The molecule has 0 amide bonds. The molecule has 1 aliphatic heterocycles. The van der Waals surface area contributed by atoms with Crippen LogP contribution in [-0.4, -0.2) is 18.5 Å². The van der Waals surface area contributed by atoms with Gasteiger partial charge in [0.25, 0.3) is 0 Å². The van der Waals surface area contributed by atoms with Gasteiger partial charge in [-0.2, -0.15) is 0 Å². The highest BCUT2D eigenvalue weighted by Crippen LogP contribution is 2.20. The summed E-state index contributed by atoms with van der Waals surface area (Å²) in [5.41, 5.74) is 1.96. The summed E-state index contributed by atoms with van der Waals surface area (Å²) in [6, 6.07) is 17.0. The number of ether oxygens (including phenoxy) is 2. The van der Waals surface area contributed by atoms with Crippen molar-refractivity contribution in [1.29, 1.82) is 0 Å². The van der Waals surface area contributed by atoms with E-state index in [2.05, 4.69) is 11.9 Å². The van der Waals surface area contributed by atoms with Crippen molar-refractivity contribution in [3.05, 3.63) is 71.4 Å². The lowest BCUT2D eigenvalue weighted by Gasteiger charge is -2.05. The zero-order valence-corrected chi connectivity index (χ0v) is 13.6. The highest BCUT2D eigenvalue weighted by Gasteiger charge is 2.23. The van der Waals surface area contributed by atoms with Gasteiger partial charge in [-0.1, -0.05) is 43.7 Å². The van der Waals surface area contributed by atoms with Crippen LogP contribution < -0.4 is 4.74 Å². The smallest absolute Gasteiger partial charge is 0.363 e. The van der Waals surface area contributed by atoms with Gasteiger partial charge in [-0.25, -0.2) is 9.79 Å². The third-order valence-electron chi connectivity index (χ3n) is 3.59. The zero-order chi connectivity index (χ0) is 16.8. The number of hydrogen-bond acceptors (Lipinski definition) is 4. The van der Waals surface area contributed by atoms with Crippen LogP contribution in [0.15, 0.2) is 65.3 Å². The summed E-state index contributed by atoms with van der Waals surface area (Å²) in [6.07, 6.45) is 3.86. The van der Waals surface area contributed by atoms with E-state index in [1.54, 1.807) is 6.08 Å². The van der Waals surface area contributed by atoms with Gasteiger partial charge in [0.1, 0.15) is 5.75 Å². The number of carbonyl (C=O) groups is 1. The Hall–Kier alpha value is -2.88. The molecule has 0 saturated carbocycles. The minimum atomic E-state index is -0.433. The first kappa shape index (κ1) is 16.0. The monoisotopic (exact) mass is 321 g/mol. The Balaban J connectivity index is 1.73. The number of cyclic esters (lactones) is 1. The molecular formula is C20H19NO3. The average molecular weight is 321 g/mol. The molecule has 2 aromatic rings. The van der Waals surface area contributed by atoms with Gasteiger partial charge in [0, 0.05) is 5.56 Å². The molecule has 3 rings (SSSR count). The second-order valence-electron chi connectivity index (χ2n) is 5.47. The minimum absolute atomic E-state index is 0.300. The molecule has 0 fully saturated rings. The van der Waals surface area contributed by atoms with Crippen LogP contribution in [0.5, 0.6) is 5.75 Å². The van der Waals surface area contributed by atoms with E-state index in [1.807, 2.05) is 54.6 Å². The first-order chi connectivity index (χ1) is 11.8. The molecule has 0 bridgehead atoms. The lowest BCUT2D eigenvalue weighted by atomic mass is 10.2. The predicted octanol–water partition coefficient (Wildman–Crippen LogP) is 4.21. The van der Waals surface area contributed by atoms with E-state index in [4.69, 9.17) is 9.47 Å². The molecule has 24 heavy (non-hydrogen) atoms. The largest absolute Gasteiger partial charge is 0.494 e. The Kier molecular flexibility index (Phi) is 5.06. The van der Waals surface area contributed by atoms with Gasteiger partial charge < -0.3 is 9.47 Å². The summed E-state index contributed by atoms with van der Waals surface area (Å²) in [6.45, 7) is 2.84. The minimum Gasteiger partial charge on any atom is -0.494 e. The fourth-order valence-corrected chi connectivity index (χ4v) is 2.27. The number of benzene rings is 2. The summed E-state index contributed by atoms with van der Waals surface area (Å²) in [7, 11) is 0. The van der Waals surface area contributed by atoms with Gasteiger partial charge in [-0.3, -0.25) is 0 Å². The van der Waals surface area contributed by atoms with E-state index >= 15 is 0 Å². The number of unbranched alkanes of at least 4 members (excludes halogenated alkanes) is 1. The maximum absolute atomic E-state index is 12.0. The van der Waals surface area contributed by atoms with Crippen LogP contribution in [0.3, 0.4) is 0 Å². The topological polar surface area (TPSA) is 47.9 Å². The molecular weight excluding hydrogens is 302 g/mol. The Morgan fingerprint density at radius 3 is 2.54 bits per heavy atom. The van der Waals surface area contributed by atoms with Crippen molar-refractivity contribution in [3.63, 3.8) is 0 Å². The van der Waals surface area contributed by atoms with E-state index in [-0.39, 0.29) is 0 Å². The van der Waals surface area contributed by atoms with E-state index in [1.165, 1.54) is 0 Å². The summed E-state index contributed by atoms with van der Waals surface area (Å²) in [5.74, 6) is 0.733. The summed E-state index contributed by atoms with van der Waals surface area (Å²) in [5, 5.41) is 0. The standard InChI is InChI=1S/C20H19NO3/c1-2-3-13-23-17-11-9-15(10-12-17)14-18-20(22)24-19(21-18)16-7-5-4-6-8-16/h4-12,14H,2-3,13H2,1H3/b18-14-. The van der Waals surface area contributed by atoms with E-state index < -0.39 is 5.97 Å². The number of aliphatic imine (C=N–C) groups is 1. The molecule has 122 valence electrons. The Bertz CT molecular complexity index is 761. The summed E-state index contributed by atoms with van der Waals surface area (Å²) >= 11 is 0. The molecule has 0 spiro atoms. The summed E-state index contributed by atoms with van der Waals surface area (Å²) in [4.78, 5) is 16.3. The van der Waals surface area contributed by atoms with Crippen LogP contribution in [0, 0.1) is 0 Å². The Morgan fingerprint density at radius 2 is 1.83 bits per heavy atom. The molecule has 1 aliphatic rings. The normalized spacial score (nSPS) is 15.3. The first-order valence-corrected chi connectivity index (χ1v) is 8.07. The fourth-order valence-electron chi connectivity index (χ4n) is 2.27. The van der Waals surface area contributed by atoms with Crippen molar-refractivity contribution in [2.45, 2.75) is 19.8 Å². The fraction of sp³-hybridized carbons (Fsp3) is 0.200. The molecule has 0 radical (unpaired) electrons. The molecule has 0 atom stereocenters. The van der Waals surface area contributed by atoms with Crippen molar-refractivity contribution < 1.29 is 14.3 Å². The van der Waals surface area contributed by atoms with Gasteiger partial charge in [-0.15, -0.1) is 0 Å². The van der Waals surface area contributed by atoms with Crippen LogP contribution in [0.4, 0.5) is 0 Å². The quantitative estimate of drug-likeness (QED) is 0.455. The maximum Gasteiger partial charge on any atom is 0.363 e. The lowest BCUT2D eigenvalue weighted by Crippen LogP contribution is -2.04. The van der Waals surface area contributed by atoms with E-state index in [0.29, 0.717) is 18.2 Å². The van der Waals surface area contributed by atoms with Crippen LogP contribution in [0.25, 0.3) is 6.08 Å². The number of esters is 1. The second-order valence-corrected chi connectivity index (χ2v) is 5.47. The van der Waals surface area contributed by atoms with Crippen molar-refractivity contribution in [2.75, 3.05) is 6.61 Å². The third kappa shape index (κ3) is 3.90. The molecule has 2 aromatic carbocycles. The molecule has 1 heterocycles.